The highest BCUT2D eigenvalue weighted by molar-refractivity contribution is 8.00. The van der Waals surface area contributed by atoms with Crippen LogP contribution in [0.2, 0.25) is 0 Å². The van der Waals surface area contributed by atoms with E-state index < -0.39 is 12.1 Å². The second kappa shape index (κ2) is 8.68. The van der Waals surface area contributed by atoms with Gasteiger partial charge in [-0.1, -0.05) is 6.92 Å². The van der Waals surface area contributed by atoms with Crippen molar-refractivity contribution >= 4 is 29.4 Å². The Morgan fingerprint density at radius 1 is 1.48 bits per heavy atom. The first-order valence-electron chi connectivity index (χ1n) is 8.54. The number of Topliss-reactive ketones (excluding diaryl/α,β-unsaturated/α-hetero) is 1. The predicted molar refractivity (Wildman–Crippen MR) is 90.9 cm³/mol. The number of hydrogen-bond acceptors (Lipinski definition) is 5. The van der Waals surface area contributed by atoms with Crippen molar-refractivity contribution < 1.29 is 14.4 Å². The van der Waals surface area contributed by atoms with Crippen molar-refractivity contribution in [3.05, 3.63) is 0 Å². The fourth-order valence-corrected chi connectivity index (χ4v) is 4.68. The Hall–Kier alpha value is -1.08. The Balaban J connectivity index is 1.99. The van der Waals surface area contributed by atoms with Gasteiger partial charge in [-0.2, -0.15) is 0 Å². The van der Waals surface area contributed by atoms with Gasteiger partial charge in [0.1, 0.15) is 6.04 Å². The number of amides is 2. The van der Waals surface area contributed by atoms with Gasteiger partial charge in [-0.25, -0.2) is 0 Å². The number of nitrogens with one attached hydrogen (secondary N) is 1. The van der Waals surface area contributed by atoms with Crippen LogP contribution in [0.1, 0.15) is 51.9 Å². The van der Waals surface area contributed by atoms with Crippen molar-refractivity contribution in [3.8, 4) is 0 Å². The van der Waals surface area contributed by atoms with Gasteiger partial charge in [-0.15, -0.1) is 11.8 Å². The number of rotatable bonds is 8. The predicted octanol–water partition coefficient (Wildman–Crippen LogP) is 1.03. The molecule has 0 aliphatic carbocycles. The zero-order chi connectivity index (χ0) is 16.8. The number of ketones is 1. The Bertz CT molecular complexity index is 458. The minimum Gasteiger partial charge on any atom is -0.344 e. The molecule has 0 aromatic carbocycles. The molecule has 0 radical (unpaired) electrons. The van der Waals surface area contributed by atoms with Crippen LogP contribution in [0.5, 0.6) is 0 Å². The number of piperidine rings is 1. The highest BCUT2D eigenvalue weighted by Gasteiger charge is 2.43. The minimum absolute atomic E-state index is 0.0569. The molecule has 2 rings (SSSR count). The summed E-state index contributed by atoms with van der Waals surface area (Å²) in [6, 6.07) is -0.914. The quantitative estimate of drug-likeness (QED) is 0.688. The SMILES string of the molecule is CCCC(=O)C(CCCN)NC(=O)[C@@H]1CSC2CCCC(=O)N21. The lowest BCUT2D eigenvalue weighted by atomic mass is 10.0. The molecule has 3 N–H and O–H groups in total. The summed E-state index contributed by atoms with van der Waals surface area (Å²) in [6.07, 6.45) is 4.86. The lowest BCUT2D eigenvalue weighted by Crippen LogP contribution is -2.54. The zero-order valence-electron chi connectivity index (χ0n) is 13.8. The summed E-state index contributed by atoms with van der Waals surface area (Å²) in [4.78, 5) is 38.7. The summed E-state index contributed by atoms with van der Waals surface area (Å²) in [5.41, 5.74) is 5.53. The fraction of sp³-hybridized carbons (Fsp3) is 0.812. The van der Waals surface area contributed by atoms with Crippen LogP contribution in [0.25, 0.3) is 0 Å². The molecule has 23 heavy (non-hydrogen) atoms. The lowest BCUT2D eigenvalue weighted by Gasteiger charge is -2.33. The van der Waals surface area contributed by atoms with Gasteiger partial charge in [0.05, 0.1) is 11.4 Å². The standard InChI is InChI=1S/C16H27N3O3S/c1-2-5-13(20)11(6-4-9-17)18-16(22)12-10-23-15-8-3-7-14(21)19(12)15/h11-12,15H,2-10,17H2,1H3,(H,18,22)/t11?,12-,15?/m0/s1. The molecular weight excluding hydrogens is 314 g/mol. The van der Waals surface area contributed by atoms with Crippen LogP contribution in [0.4, 0.5) is 0 Å². The van der Waals surface area contributed by atoms with Crippen molar-refractivity contribution in [1.29, 1.82) is 0 Å². The zero-order valence-corrected chi connectivity index (χ0v) is 14.6. The van der Waals surface area contributed by atoms with Gasteiger partial charge in [0.25, 0.3) is 0 Å². The number of nitrogens with two attached hydrogens (primary N) is 1. The summed E-state index contributed by atoms with van der Waals surface area (Å²) >= 11 is 1.67. The first-order chi connectivity index (χ1) is 11.1. The van der Waals surface area contributed by atoms with E-state index in [4.69, 9.17) is 5.73 Å². The second-order valence-electron chi connectivity index (χ2n) is 6.21. The smallest absolute Gasteiger partial charge is 0.244 e. The van der Waals surface area contributed by atoms with Crippen LogP contribution in [0.15, 0.2) is 0 Å². The Morgan fingerprint density at radius 2 is 2.26 bits per heavy atom. The normalized spacial score (nSPS) is 25.1. The minimum atomic E-state index is -0.477. The third-order valence-electron chi connectivity index (χ3n) is 4.42. The van der Waals surface area contributed by atoms with E-state index in [1.165, 1.54) is 0 Å². The van der Waals surface area contributed by atoms with Gasteiger partial charge >= 0.3 is 0 Å². The van der Waals surface area contributed by atoms with E-state index >= 15 is 0 Å². The number of thioether (sulfide) groups is 1. The third-order valence-corrected chi connectivity index (χ3v) is 5.78. The molecule has 0 aromatic heterocycles. The number of nitrogens with zero attached hydrogens (tertiary/aromatic N) is 1. The number of hydrogen-bond donors (Lipinski definition) is 2. The average molecular weight is 341 g/mol. The summed E-state index contributed by atoms with van der Waals surface area (Å²) in [5, 5.41) is 3.01. The molecule has 7 heteroatoms. The molecule has 2 amide bonds. The lowest BCUT2D eigenvalue weighted by molar-refractivity contribution is -0.142. The maximum atomic E-state index is 12.6. The Morgan fingerprint density at radius 3 is 2.96 bits per heavy atom. The number of carbonyl (C=O) groups excluding carboxylic acids is 3. The molecule has 2 unspecified atom stereocenters. The van der Waals surface area contributed by atoms with Gasteiger partial charge in [-0.3, -0.25) is 14.4 Å². The fourth-order valence-electron chi connectivity index (χ4n) is 3.20. The van der Waals surface area contributed by atoms with E-state index in [1.54, 1.807) is 16.7 Å². The van der Waals surface area contributed by atoms with Gasteiger partial charge in [0, 0.05) is 18.6 Å². The molecule has 0 aromatic rings. The van der Waals surface area contributed by atoms with Crippen molar-refractivity contribution in [3.63, 3.8) is 0 Å². The van der Waals surface area contributed by atoms with Gasteiger partial charge in [-0.05, 0) is 38.6 Å². The molecule has 2 saturated heterocycles. The molecule has 0 spiro atoms. The molecule has 130 valence electrons. The monoisotopic (exact) mass is 341 g/mol. The summed E-state index contributed by atoms with van der Waals surface area (Å²) in [6.45, 7) is 2.45. The van der Waals surface area contributed by atoms with Gasteiger partial charge in [0.2, 0.25) is 11.8 Å². The van der Waals surface area contributed by atoms with E-state index in [-0.39, 0.29) is 23.0 Å². The topological polar surface area (TPSA) is 92.5 Å². The highest BCUT2D eigenvalue weighted by Crippen LogP contribution is 2.36. The van der Waals surface area contributed by atoms with Gasteiger partial charge in [0.15, 0.2) is 5.78 Å². The Kier molecular flexibility index (Phi) is 6.89. The van der Waals surface area contributed by atoms with E-state index in [0.717, 1.165) is 19.3 Å². The molecule has 2 aliphatic heterocycles. The maximum absolute atomic E-state index is 12.6. The van der Waals surface area contributed by atoms with Crippen LogP contribution >= 0.6 is 11.8 Å². The highest BCUT2D eigenvalue weighted by atomic mass is 32.2. The van der Waals surface area contributed by atoms with E-state index in [1.807, 2.05) is 6.92 Å². The van der Waals surface area contributed by atoms with Crippen LogP contribution < -0.4 is 11.1 Å². The summed E-state index contributed by atoms with van der Waals surface area (Å²) < 4.78 is 0. The molecule has 2 heterocycles. The van der Waals surface area contributed by atoms with Crippen LogP contribution in [0, 0.1) is 0 Å². The maximum Gasteiger partial charge on any atom is 0.244 e. The first kappa shape index (κ1) is 18.3. The first-order valence-corrected chi connectivity index (χ1v) is 9.59. The van der Waals surface area contributed by atoms with Crippen molar-refractivity contribution in [2.24, 2.45) is 5.73 Å². The van der Waals surface area contributed by atoms with Gasteiger partial charge < -0.3 is 16.0 Å². The van der Waals surface area contributed by atoms with Crippen molar-refractivity contribution in [1.82, 2.24) is 10.2 Å². The molecule has 2 fully saturated rings. The average Bonchev–Trinajstić information content (AvgIpc) is 2.97. The molecule has 2 aliphatic rings. The summed E-state index contributed by atoms with van der Waals surface area (Å²) in [5.74, 6) is 0.543. The van der Waals surface area contributed by atoms with Crippen molar-refractivity contribution in [2.75, 3.05) is 12.3 Å². The van der Waals surface area contributed by atoms with Crippen LogP contribution in [0.3, 0.4) is 0 Å². The number of fused-ring (bicyclic) bond motifs is 1. The number of carbonyl (C=O) groups is 3. The van der Waals surface area contributed by atoms with Crippen molar-refractivity contribution in [2.45, 2.75) is 69.3 Å². The molecule has 6 nitrogen and oxygen atoms in total. The second-order valence-corrected chi connectivity index (χ2v) is 7.42. The van der Waals surface area contributed by atoms with E-state index in [0.29, 0.717) is 38.0 Å². The third kappa shape index (κ3) is 4.47. The largest absolute Gasteiger partial charge is 0.344 e. The van der Waals surface area contributed by atoms with E-state index in [9.17, 15) is 14.4 Å². The molecule has 3 atom stereocenters. The van der Waals surface area contributed by atoms with Crippen LogP contribution in [-0.2, 0) is 14.4 Å². The molecular formula is C16H27N3O3S. The molecule has 0 bridgehead atoms. The molecule has 0 saturated carbocycles. The van der Waals surface area contributed by atoms with E-state index in [2.05, 4.69) is 5.32 Å². The summed E-state index contributed by atoms with van der Waals surface area (Å²) in [7, 11) is 0. The van der Waals surface area contributed by atoms with Crippen LogP contribution in [-0.4, -0.2) is 52.3 Å². The Labute approximate surface area is 141 Å².